The highest BCUT2D eigenvalue weighted by molar-refractivity contribution is 6.38. The molecule has 0 spiro atoms. The van der Waals surface area contributed by atoms with Crippen molar-refractivity contribution in [2.24, 2.45) is 0 Å². The Morgan fingerprint density at radius 3 is 2.31 bits per heavy atom. The predicted octanol–water partition coefficient (Wildman–Crippen LogP) is 4.63. The third-order valence-electron chi connectivity index (χ3n) is 4.72. The van der Waals surface area contributed by atoms with Crippen LogP contribution < -0.4 is 9.64 Å². The summed E-state index contributed by atoms with van der Waals surface area (Å²) in [6.07, 6.45) is 0. The number of ether oxygens (including phenoxy) is 1. The molecule has 0 aliphatic carbocycles. The second-order valence-corrected chi connectivity index (χ2v) is 6.23. The van der Waals surface area contributed by atoms with E-state index in [1.807, 2.05) is 85.9 Å². The first-order chi connectivity index (χ1) is 12.7. The van der Waals surface area contributed by atoms with Gasteiger partial charge in [0.1, 0.15) is 5.75 Å². The van der Waals surface area contributed by atoms with Crippen LogP contribution in [0.1, 0.15) is 16.7 Å². The summed E-state index contributed by atoms with van der Waals surface area (Å²) in [6.45, 7) is 0. The summed E-state index contributed by atoms with van der Waals surface area (Å²) in [4.78, 5) is 14.9. The minimum Gasteiger partial charge on any atom is -0.497 e. The molecule has 1 aliphatic heterocycles. The summed E-state index contributed by atoms with van der Waals surface area (Å²) in [5.74, 6) is 0.775. The average Bonchev–Trinajstić information content (AvgIpc) is 2.95. The number of fused-ring (bicyclic) bond motifs is 1. The number of rotatable bonds is 3. The molecule has 1 heterocycles. The van der Waals surface area contributed by atoms with E-state index in [0.717, 1.165) is 39.3 Å². The number of hydrogen-bond acceptors (Lipinski definition) is 2. The van der Waals surface area contributed by atoms with E-state index in [-0.39, 0.29) is 5.91 Å². The maximum atomic E-state index is 13.1. The summed E-state index contributed by atoms with van der Waals surface area (Å²) in [7, 11) is 3.47. The van der Waals surface area contributed by atoms with Crippen molar-refractivity contribution in [2.75, 3.05) is 19.1 Å². The molecule has 4 rings (SSSR count). The van der Waals surface area contributed by atoms with Crippen LogP contribution in [-0.4, -0.2) is 20.1 Å². The number of carbonyl (C=O) groups excluding carboxylic acids is 1. The lowest BCUT2D eigenvalue weighted by atomic mass is 9.90. The Labute approximate surface area is 153 Å². The Balaban J connectivity index is 2.06. The van der Waals surface area contributed by atoms with Gasteiger partial charge in [-0.3, -0.25) is 4.79 Å². The van der Waals surface area contributed by atoms with Crippen LogP contribution in [0.4, 0.5) is 5.69 Å². The molecule has 1 amide bonds. The highest BCUT2D eigenvalue weighted by atomic mass is 16.5. The normalized spacial score (nSPS) is 15.0. The summed E-state index contributed by atoms with van der Waals surface area (Å²) in [5, 5.41) is 0. The second-order valence-electron chi connectivity index (χ2n) is 6.23. The van der Waals surface area contributed by atoms with Gasteiger partial charge in [-0.05, 0) is 29.3 Å². The molecule has 128 valence electrons. The number of para-hydroxylation sites is 1. The quantitative estimate of drug-likeness (QED) is 0.650. The van der Waals surface area contributed by atoms with E-state index in [4.69, 9.17) is 4.74 Å². The number of likely N-dealkylation sites (N-methyl/N-ethyl adjacent to an activating group) is 1. The molecule has 0 radical (unpaired) electrons. The lowest BCUT2D eigenvalue weighted by Crippen LogP contribution is -2.20. The number of nitrogens with zero attached hydrogens (tertiary/aromatic N) is 1. The molecule has 3 aromatic carbocycles. The lowest BCUT2D eigenvalue weighted by molar-refractivity contribution is -0.112. The maximum absolute atomic E-state index is 13.1. The molecule has 0 saturated carbocycles. The fourth-order valence-electron chi connectivity index (χ4n) is 3.45. The van der Waals surface area contributed by atoms with E-state index in [1.54, 1.807) is 12.0 Å². The zero-order chi connectivity index (χ0) is 18.1. The van der Waals surface area contributed by atoms with Crippen LogP contribution in [0.2, 0.25) is 0 Å². The zero-order valence-electron chi connectivity index (χ0n) is 14.8. The number of amides is 1. The maximum Gasteiger partial charge on any atom is 0.259 e. The van der Waals surface area contributed by atoms with Crippen LogP contribution in [0.25, 0.3) is 11.1 Å². The van der Waals surface area contributed by atoms with Crippen molar-refractivity contribution in [1.29, 1.82) is 0 Å². The van der Waals surface area contributed by atoms with E-state index >= 15 is 0 Å². The number of anilines is 1. The van der Waals surface area contributed by atoms with Crippen molar-refractivity contribution in [3.05, 3.63) is 95.6 Å². The van der Waals surface area contributed by atoms with Crippen molar-refractivity contribution >= 4 is 22.7 Å². The first-order valence-corrected chi connectivity index (χ1v) is 8.52. The van der Waals surface area contributed by atoms with Crippen LogP contribution in [0.3, 0.4) is 0 Å². The molecule has 0 bridgehead atoms. The molecule has 0 fully saturated rings. The van der Waals surface area contributed by atoms with Crippen LogP contribution in [0.15, 0.2) is 78.9 Å². The van der Waals surface area contributed by atoms with Gasteiger partial charge in [-0.15, -0.1) is 0 Å². The van der Waals surface area contributed by atoms with E-state index < -0.39 is 0 Å². The SMILES string of the molecule is COc1cccc(/C(=C2/C(=O)N(C)c3ccccc32)c2ccccc2)c1. The average molecular weight is 341 g/mol. The zero-order valence-corrected chi connectivity index (χ0v) is 14.8. The van der Waals surface area contributed by atoms with Crippen LogP contribution in [-0.2, 0) is 4.79 Å². The number of hydrogen-bond donors (Lipinski definition) is 0. The molecule has 3 heteroatoms. The lowest BCUT2D eigenvalue weighted by Gasteiger charge is -2.14. The van der Waals surface area contributed by atoms with Gasteiger partial charge in [-0.25, -0.2) is 0 Å². The molecular formula is C23H19NO2. The standard InChI is InChI=1S/C23H19NO2/c1-24-20-14-7-6-13-19(20)22(23(24)25)21(16-9-4-3-5-10-16)17-11-8-12-18(15-17)26-2/h3-15H,1-2H3/b22-21+. The molecule has 0 aromatic heterocycles. The Bertz CT molecular complexity index is 1010. The molecule has 3 aromatic rings. The smallest absolute Gasteiger partial charge is 0.259 e. The Morgan fingerprint density at radius 2 is 1.54 bits per heavy atom. The topological polar surface area (TPSA) is 29.5 Å². The Morgan fingerprint density at radius 1 is 0.846 bits per heavy atom. The minimum absolute atomic E-state index is 0.00729. The van der Waals surface area contributed by atoms with Gasteiger partial charge >= 0.3 is 0 Å². The minimum atomic E-state index is 0.00729. The molecule has 26 heavy (non-hydrogen) atoms. The number of carbonyl (C=O) groups is 1. The molecule has 3 nitrogen and oxygen atoms in total. The first kappa shape index (κ1) is 16.2. The highest BCUT2D eigenvalue weighted by Gasteiger charge is 2.32. The Kier molecular flexibility index (Phi) is 4.05. The van der Waals surface area contributed by atoms with Crippen molar-refractivity contribution in [2.45, 2.75) is 0 Å². The van der Waals surface area contributed by atoms with Gasteiger partial charge in [0.25, 0.3) is 5.91 Å². The van der Waals surface area contributed by atoms with Crippen LogP contribution >= 0.6 is 0 Å². The molecule has 0 unspecified atom stereocenters. The van der Waals surface area contributed by atoms with Gasteiger partial charge in [-0.1, -0.05) is 60.7 Å². The first-order valence-electron chi connectivity index (χ1n) is 8.52. The number of methoxy groups -OCH3 is 1. The van der Waals surface area contributed by atoms with Gasteiger partial charge < -0.3 is 9.64 Å². The van der Waals surface area contributed by atoms with Crippen molar-refractivity contribution < 1.29 is 9.53 Å². The van der Waals surface area contributed by atoms with Gasteiger partial charge in [-0.2, -0.15) is 0 Å². The molecule has 0 N–H and O–H groups in total. The monoisotopic (exact) mass is 341 g/mol. The fourth-order valence-corrected chi connectivity index (χ4v) is 3.45. The van der Waals surface area contributed by atoms with Gasteiger partial charge in [0.05, 0.1) is 18.4 Å². The number of benzene rings is 3. The van der Waals surface area contributed by atoms with E-state index in [0.29, 0.717) is 0 Å². The summed E-state index contributed by atoms with van der Waals surface area (Å²) in [6, 6.07) is 25.8. The van der Waals surface area contributed by atoms with Crippen molar-refractivity contribution in [3.8, 4) is 5.75 Å². The van der Waals surface area contributed by atoms with Gasteiger partial charge in [0.15, 0.2) is 0 Å². The molecular weight excluding hydrogens is 322 g/mol. The summed E-state index contributed by atoms with van der Waals surface area (Å²) in [5.41, 5.74) is 5.51. The van der Waals surface area contributed by atoms with Gasteiger partial charge in [0, 0.05) is 18.2 Å². The van der Waals surface area contributed by atoms with Crippen molar-refractivity contribution in [1.82, 2.24) is 0 Å². The summed E-state index contributed by atoms with van der Waals surface area (Å²) < 4.78 is 5.40. The molecule has 1 aliphatic rings. The van der Waals surface area contributed by atoms with E-state index in [1.165, 1.54) is 0 Å². The van der Waals surface area contributed by atoms with E-state index in [9.17, 15) is 4.79 Å². The van der Waals surface area contributed by atoms with Crippen molar-refractivity contribution in [3.63, 3.8) is 0 Å². The summed E-state index contributed by atoms with van der Waals surface area (Å²) >= 11 is 0. The third-order valence-corrected chi connectivity index (χ3v) is 4.72. The largest absolute Gasteiger partial charge is 0.497 e. The molecule has 0 saturated heterocycles. The predicted molar refractivity (Wildman–Crippen MR) is 105 cm³/mol. The van der Waals surface area contributed by atoms with Crippen LogP contribution in [0.5, 0.6) is 5.75 Å². The van der Waals surface area contributed by atoms with Crippen LogP contribution in [0, 0.1) is 0 Å². The highest BCUT2D eigenvalue weighted by Crippen LogP contribution is 2.42. The fraction of sp³-hybridized carbons (Fsp3) is 0.0870. The molecule has 0 atom stereocenters. The second kappa shape index (κ2) is 6.52. The van der Waals surface area contributed by atoms with E-state index in [2.05, 4.69) is 0 Å². The van der Waals surface area contributed by atoms with Gasteiger partial charge in [0.2, 0.25) is 0 Å². The Hall–Kier alpha value is -3.33. The third kappa shape index (κ3) is 2.58.